The summed E-state index contributed by atoms with van der Waals surface area (Å²) in [6.45, 7) is -0.0253. The maximum atomic E-state index is 13.6. The summed E-state index contributed by atoms with van der Waals surface area (Å²) in [6, 6.07) is 14.7. The first-order chi connectivity index (χ1) is 14.8. The summed E-state index contributed by atoms with van der Waals surface area (Å²) in [4.78, 5) is 27.3. The van der Waals surface area contributed by atoms with Crippen LogP contribution < -0.4 is 5.32 Å². The van der Waals surface area contributed by atoms with E-state index in [0.29, 0.717) is 16.1 Å². The van der Waals surface area contributed by atoms with Gasteiger partial charge in [0.25, 0.3) is 11.8 Å². The third-order valence-electron chi connectivity index (χ3n) is 4.74. The average Bonchev–Trinajstić information content (AvgIpc) is 2.97. The van der Waals surface area contributed by atoms with E-state index in [9.17, 15) is 22.8 Å². The van der Waals surface area contributed by atoms with Crippen molar-refractivity contribution in [3.05, 3.63) is 106 Å². The van der Waals surface area contributed by atoms with Gasteiger partial charge in [0.1, 0.15) is 11.5 Å². The molecule has 1 aliphatic rings. The van der Waals surface area contributed by atoms with Crippen LogP contribution in [0, 0.1) is 17.5 Å². The number of amides is 2. The molecular weight excluding hydrogens is 429 g/mol. The number of anilines is 1. The zero-order valence-electron chi connectivity index (χ0n) is 15.8. The van der Waals surface area contributed by atoms with Crippen LogP contribution in [0.25, 0.3) is 5.57 Å². The summed E-state index contributed by atoms with van der Waals surface area (Å²) < 4.78 is 40.3. The predicted octanol–water partition coefficient (Wildman–Crippen LogP) is 5.15. The van der Waals surface area contributed by atoms with Gasteiger partial charge in [-0.25, -0.2) is 13.2 Å². The molecule has 4 nitrogen and oxygen atoms in total. The number of benzene rings is 3. The first-order valence-electron chi connectivity index (χ1n) is 9.16. The first kappa shape index (κ1) is 20.7. The summed E-state index contributed by atoms with van der Waals surface area (Å²) >= 11 is 5.89. The van der Waals surface area contributed by atoms with Gasteiger partial charge < -0.3 is 5.32 Å². The van der Waals surface area contributed by atoms with Gasteiger partial charge in [0, 0.05) is 16.8 Å². The molecule has 156 valence electrons. The van der Waals surface area contributed by atoms with Crippen molar-refractivity contribution < 1.29 is 22.8 Å². The second-order valence-corrected chi connectivity index (χ2v) is 7.27. The van der Waals surface area contributed by atoms with Gasteiger partial charge in [-0.3, -0.25) is 14.5 Å². The molecule has 31 heavy (non-hydrogen) atoms. The second kappa shape index (κ2) is 8.28. The Morgan fingerprint density at radius 3 is 2.13 bits per heavy atom. The Hall–Kier alpha value is -3.58. The summed E-state index contributed by atoms with van der Waals surface area (Å²) in [6.07, 6.45) is 0. The Balaban J connectivity index is 1.74. The fourth-order valence-electron chi connectivity index (χ4n) is 3.21. The standard InChI is InChI=1S/C23H14ClF3N2O2/c24-15-5-1-13(2-6-15)12-29-22(30)20(14-3-7-16(25)8-4-14)21(23(29)31)28-17-9-10-18(26)19(27)11-17/h1-11,28H,12H2. The van der Waals surface area contributed by atoms with Crippen molar-refractivity contribution in [2.45, 2.75) is 6.54 Å². The molecule has 0 unspecified atom stereocenters. The number of nitrogens with one attached hydrogen (secondary N) is 1. The highest BCUT2D eigenvalue weighted by Gasteiger charge is 2.39. The molecule has 4 rings (SSSR count). The summed E-state index contributed by atoms with van der Waals surface area (Å²) in [5.41, 5.74) is 0.949. The van der Waals surface area contributed by atoms with Crippen molar-refractivity contribution in [2.24, 2.45) is 0 Å². The van der Waals surface area contributed by atoms with E-state index in [1.807, 2.05) is 0 Å². The molecule has 0 aliphatic carbocycles. The normalized spacial score (nSPS) is 13.9. The van der Waals surface area contributed by atoms with Crippen LogP contribution in [0.4, 0.5) is 18.9 Å². The number of nitrogens with zero attached hydrogens (tertiary/aromatic N) is 1. The highest BCUT2D eigenvalue weighted by molar-refractivity contribution is 6.36. The summed E-state index contributed by atoms with van der Waals surface area (Å²) in [5, 5.41) is 3.23. The number of rotatable bonds is 5. The van der Waals surface area contributed by atoms with Crippen LogP contribution in [0.3, 0.4) is 0 Å². The third kappa shape index (κ3) is 4.18. The fourth-order valence-corrected chi connectivity index (χ4v) is 3.34. The zero-order chi connectivity index (χ0) is 22.1. The molecule has 0 atom stereocenters. The molecule has 1 N–H and O–H groups in total. The molecule has 0 aromatic heterocycles. The molecule has 2 amide bonds. The number of halogens is 4. The highest BCUT2D eigenvalue weighted by atomic mass is 35.5. The molecule has 3 aromatic rings. The first-order valence-corrected chi connectivity index (χ1v) is 9.54. The van der Waals surface area contributed by atoms with Gasteiger partial charge in [-0.15, -0.1) is 0 Å². The molecule has 0 radical (unpaired) electrons. The lowest BCUT2D eigenvalue weighted by Gasteiger charge is -2.15. The van der Waals surface area contributed by atoms with E-state index in [2.05, 4.69) is 5.32 Å². The Bertz CT molecular complexity index is 1210. The molecule has 8 heteroatoms. The van der Waals surface area contributed by atoms with Crippen LogP contribution in [0.1, 0.15) is 11.1 Å². The van der Waals surface area contributed by atoms with Crippen molar-refractivity contribution >= 4 is 34.7 Å². The second-order valence-electron chi connectivity index (χ2n) is 6.83. The molecule has 0 fully saturated rings. The van der Waals surface area contributed by atoms with Gasteiger partial charge in [0.2, 0.25) is 0 Å². The van der Waals surface area contributed by atoms with Gasteiger partial charge in [-0.05, 0) is 47.5 Å². The minimum Gasteiger partial charge on any atom is -0.350 e. The highest BCUT2D eigenvalue weighted by Crippen LogP contribution is 2.32. The number of carbonyl (C=O) groups is 2. The quantitative estimate of drug-likeness (QED) is 0.556. The lowest BCUT2D eigenvalue weighted by atomic mass is 10.0. The van der Waals surface area contributed by atoms with E-state index in [1.54, 1.807) is 24.3 Å². The number of imide groups is 1. The Morgan fingerprint density at radius 1 is 0.806 bits per heavy atom. The van der Waals surface area contributed by atoms with E-state index in [4.69, 9.17) is 11.6 Å². The topological polar surface area (TPSA) is 49.4 Å². The van der Waals surface area contributed by atoms with Gasteiger partial charge in [0.05, 0.1) is 12.1 Å². The van der Waals surface area contributed by atoms with Gasteiger partial charge in [-0.1, -0.05) is 35.9 Å². The smallest absolute Gasteiger partial charge is 0.278 e. The minimum absolute atomic E-state index is 0.00342. The molecule has 0 saturated carbocycles. The zero-order valence-corrected chi connectivity index (χ0v) is 16.6. The predicted molar refractivity (Wildman–Crippen MR) is 110 cm³/mol. The van der Waals surface area contributed by atoms with Gasteiger partial charge in [-0.2, -0.15) is 0 Å². The Morgan fingerprint density at radius 2 is 1.48 bits per heavy atom. The van der Waals surface area contributed by atoms with Gasteiger partial charge >= 0.3 is 0 Å². The monoisotopic (exact) mass is 442 g/mol. The van der Waals surface area contributed by atoms with Crippen molar-refractivity contribution in [1.82, 2.24) is 4.90 Å². The van der Waals surface area contributed by atoms with Crippen molar-refractivity contribution in [3.63, 3.8) is 0 Å². The Labute approximate surface area is 180 Å². The van der Waals surface area contributed by atoms with E-state index < -0.39 is 29.3 Å². The van der Waals surface area contributed by atoms with Crippen molar-refractivity contribution in [1.29, 1.82) is 0 Å². The molecule has 1 aliphatic heterocycles. The summed E-state index contributed by atoms with van der Waals surface area (Å²) in [5.74, 6) is -3.91. The third-order valence-corrected chi connectivity index (χ3v) is 5.00. The lowest BCUT2D eigenvalue weighted by Crippen LogP contribution is -2.32. The van der Waals surface area contributed by atoms with Crippen molar-refractivity contribution in [3.8, 4) is 0 Å². The van der Waals surface area contributed by atoms with Crippen molar-refractivity contribution in [2.75, 3.05) is 5.32 Å². The molecule has 0 spiro atoms. The van der Waals surface area contributed by atoms with E-state index in [0.717, 1.165) is 29.2 Å². The van der Waals surface area contributed by atoms with Gasteiger partial charge in [0.15, 0.2) is 11.6 Å². The molecular formula is C23H14ClF3N2O2. The van der Waals surface area contributed by atoms with Crippen LogP contribution in [-0.4, -0.2) is 16.7 Å². The average molecular weight is 443 g/mol. The van der Waals surface area contributed by atoms with Crippen LogP contribution in [0.2, 0.25) is 5.02 Å². The molecule has 1 heterocycles. The fraction of sp³-hybridized carbons (Fsp3) is 0.0435. The van der Waals surface area contributed by atoms with E-state index >= 15 is 0 Å². The van der Waals surface area contributed by atoms with E-state index in [-0.39, 0.29) is 23.5 Å². The largest absolute Gasteiger partial charge is 0.350 e. The molecule has 3 aromatic carbocycles. The van der Waals surface area contributed by atoms with Crippen LogP contribution >= 0.6 is 11.6 Å². The summed E-state index contributed by atoms with van der Waals surface area (Å²) in [7, 11) is 0. The number of hydrogen-bond acceptors (Lipinski definition) is 3. The molecule has 0 bridgehead atoms. The van der Waals surface area contributed by atoms with E-state index in [1.165, 1.54) is 18.2 Å². The lowest BCUT2D eigenvalue weighted by molar-refractivity contribution is -0.137. The minimum atomic E-state index is -1.11. The number of hydrogen-bond donors (Lipinski definition) is 1. The van der Waals surface area contributed by atoms with Crippen LogP contribution in [0.15, 0.2) is 72.4 Å². The van der Waals surface area contributed by atoms with Crippen LogP contribution in [0.5, 0.6) is 0 Å². The maximum Gasteiger partial charge on any atom is 0.278 e. The Kier molecular flexibility index (Phi) is 5.52. The number of carbonyl (C=O) groups excluding carboxylic acids is 2. The SMILES string of the molecule is O=C1C(Nc2ccc(F)c(F)c2)=C(c2ccc(F)cc2)C(=O)N1Cc1ccc(Cl)cc1. The maximum absolute atomic E-state index is 13.6. The molecule has 0 saturated heterocycles. The van der Waals surface area contributed by atoms with Crippen LogP contribution in [-0.2, 0) is 16.1 Å².